The highest BCUT2D eigenvalue weighted by molar-refractivity contribution is 6.00. The summed E-state index contributed by atoms with van der Waals surface area (Å²) in [4.78, 5) is 26.8. The average molecular weight is 407 g/mol. The fourth-order valence-electron chi connectivity index (χ4n) is 4.86. The maximum absolute atomic E-state index is 13.1. The minimum absolute atomic E-state index is 0.0859. The first-order chi connectivity index (χ1) is 14.4. The molecule has 30 heavy (non-hydrogen) atoms. The van der Waals surface area contributed by atoms with Crippen molar-refractivity contribution in [3.05, 3.63) is 30.5 Å². The predicted molar refractivity (Wildman–Crippen MR) is 117 cm³/mol. The van der Waals surface area contributed by atoms with Crippen molar-refractivity contribution in [3.8, 4) is 5.95 Å². The number of carbonyl (C=O) groups is 1. The van der Waals surface area contributed by atoms with Gasteiger partial charge in [-0.05, 0) is 43.8 Å². The molecule has 3 heterocycles. The number of nitrogens with two attached hydrogens (primary N) is 1. The maximum atomic E-state index is 13.1. The Kier molecular flexibility index (Phi) is 4.20. The third-order valence-electron chi connectivity index (χ3n) is 6.45. The van der Waals surface area contributed by atoms with Crippen molar-refractivity contribution in [2.24, 2.45) is 5.41 Å². The molecule has 1 aliphatic heterocycles. The summed E-state index contributed by atoms with van der Waals surface area (Å²) in [6.45, 7) is 4.67. The zero-order valence-corrected chi connectivity index (χ0v) is 17.7. The van der Waals surface area contributed by atoms with E-state index >= 15 is 0 Å². The van der Waals surface area contributed by atoms with Gasteiger partial charge >= 0.3 is 5.95 Å². The van der Waals surface area contributed by atoms with Gasteiger partial charge in [0, 0.05) is 19.6 Å². The molecule has 1 aliphatic carbocycles. The maximum Gasteiger partial charge on any atom is 0.457 e. The van der Waals surface area contributed by atoms with Gasteiger partial charge in [0.1, 0.15) is 23.2 Å². The molecule has 2 aliphatic rings. The summed E-state index contributed by atoms with van der Waals surface area (Å²) in [6.07, 6.45) is 6.44. The van der Waals surface area contributed by atoms with Crippen LogP contribution in [0.2, 0.25) is 0 Å². The number of H-pyrrole nitrogens is 1. The van der Waals surface area contributed by atoms with Crippen molar-refractivity contribution < 1.29 is 9.48 Å². The van der Waals surface area contributed by atoms with Crippen LogP contribution in [0, 0.1) is 5.41 Å². The third kappa shape index (κ3) is 2.81. The molecule has 0 radical (unpaired) electrons. The number of carbonyl (C=O) groups excluding carboxylic acids is 1. The first-order valence-corrected chi connectivity index (χ1v) is 10.6. The van der Waals surface area contributed by atoms with Crippen molar-refractivity contribution in [1.29, 1.82) is 0 Å². The molecule has 0 spiro atoms. The van der Waals surface area contributed by atoms with Crippen LogP contribution in [0.3, 0.4) is 0 Å². The van der Waals surface area contributed by atoms with E-state index in [4.69, 9.17) is 10.7 Å². The first kappa shape index (κ1) is 18.8. The van der Waals surface area contributed by atoms with E-state index in [1.165, 1.54) is 12.8 Å². The number of hydrogen-bond donors (Lipinski definition) is 2. The van der Waals surface area contributed by atoms with Crippen LogP contribution in [0.4, 0.5) is 17.3 Å². The Morgan fingerprint density at radius 1 is 1.23 bits per heavy atom. The van der Waals surface area contributed by atoms with E-state index in [0.717, 1.165) is 35.2 Å². The van der Waals surface area contributed by atoms with E-state index in [-0.39, 0.29) is 5.91 Å². The lowest BCUT2D eigenvalue weighted by molar-refractivity contribution is -0.636. The van der Waals surface area contributed by atoms with Crippen molar-refractivity contribution in [3.63, 3.8) is 0 Å². The fraction of sp³-hybridized carbons (Fsp3) is 0.455. The molecule has 0 bridgehead atoms. The minimum Gasteiger partial charge on any atom is -0.383 e. The number of nitrogen functional groups attached to an aromatic ring is 1. The summed E-state index contributed by atoms with van der Waals surface area (Å²) in [6, 6.07) is 8.28. The summed E-state index contributed by atoms with van der Waals surface area (Å²) >= 11 is 0. The van der Waals surface area contributed by atoms with Crippen LogP contribution in [0.25, 0.3) is 16.9 Å². The number of benzene rings is 1. The quantitative estimate of drug-likeness (QED) is 0.638. The Labute approximate surface area is 175 Å². The highest BCUT2D eigenvalue weighted by atomic mass is 16.2. The van der Waals surface area contributed by atoms with Crippen LogP contribution in [0.15, 0.2) is 30.5 Å². The Hall–Kier alpha value is -3.16. The largest absolute Gasteiger partial charge is 0.457 e. The number of nitrogens with zero attached hydrogens (tertiary/aromatic N) is 5. The second-order valence-electron chi connectivity index (χ2n) is 9.07. The Bertz CT molecular complexity index is 1130. The Morgan fingerprint density at radius 3 is 2.73 bits per heavy atom. The normalized spacial score (nSPS) is 19.4. The highest BCUT2D eigenvalue weighted by Gasteiger charge is 2.43. The van der Waals surface area contributed by atoms with Gasteiger partial charge in [-0.1, -0.05) is 30.0 Å². The number of nitrogens with one attached hydrogen (secondary N) is 1. The van der Waals surface area contributed by atoms with Crippen LogP contribution in [0.1, 0.15) is 39.5 Å². The SMILES string of the molecule is CN1C(=O)C(C)(C)CN(C2CCCC2)c2nc(-[n+]3[nH]c(N)c4ccccc43)ncc21. The first-order valence-electron chi connectivity index (χ1n) is 10.6. The van der Waals surface area contributed by atoms with Gasteiger partial charge in [0.05, 0.1) is 10.8 Å². The molecule has 0 atom stereocenters. The van der Waals surface area contributed by atoms with Crippen LogP contribution >= 0.6 is 0 Å². The second-order valence-corrected chi connectivity index (χ2v) is 9.07. The van der Waals surface area contributed by atoms with Gasteiger partial charge in [0.15, 0.2) is 0 Å². The number of hydrogen-bond acceptors (Lipinski definition) is 5. The summed E-state index contributed by atoms with van der Waals surface area (Å²) in [7, 11) is 1.82. The van der Waals surface area contributed by atoms with Gasteiger partial charge in [-0.25, -0.2) is 5.10 Å². The Morgan fingerprint density at radius 2 is 1.97 bits per heavy atom. The Balaban J connectivity index is 1.69. The van der Waals surface area contributed by atoms with Crippen LogP contribution in [-0.4, -0.2) is 40.6 Å². The molecule has 1 saturated carbocycles. The third-order valence-corrected chi connectivity index (χ3v) is 6.45. The van der Waals surface area contributed by atoms with E-state index in [0.29, 0.717) is 24.4 Å². The number of amides is 1. The minimum atomic E-state index is -0.505. The number of rotatable bonds is 2. The monoisotopic (exact) mass is 406 g/mol. The molecule has 2 aromatic heterocycles. The molecule has 3 aromatic rings. The predicted octanol–water partition coefficient (Wildman–Crippen LogP) is 2.57. The smallest absolute Gasteiger partial charge is 0.383 e. The van der Waals surface area contributed by atoms with Crippen molar-refractivity contribution >= 4 is 34.1 Å². The molecule has 5 rings (SSSR count). The van der Waals surface area contributed by atoms with E-state index in [9.17, 15) is 4.79 Å². The fourth-order valence-corrected chi connectivity index (χ4v) is 4.86. The van der Waals surface area contributed by atoms with E-state index in [1.54, 1.807) is 11.1 Å². The zero-order chi connectivity index (χ0) is 21.0. The summed E-state index contributed by atoms with van der Waals surface area (Å²) in [5.74, 6) is 2.00. The van der Waals surface area contributed by atoms with Crippen LogP contribution in [0.5, 0.6) is 0 Å². The lowest BCUT2D eigenvalue weighted by Gasteiger charge is -2.32. The molecule has 8 heteroatoms. The zero-order valence-electron chi connectivity index (χ0n) is 17.7. The molecule has 1 aromatic carbocycles. The topological polar surface area (TPSA) is 95.0 Å². The molecule has 0 unspecified atom stereocenters. The van der Waals surface area contributed by atoms with Gasteiger partial charge in [0.2, 0.25) is 11.7 Å². The van der Waals surface area contributed by atoms with Crippen molar-refractivity contribution in [2.75, 3.05) is 29.1 Å². The van der Waals surface area contributed by atoms with E-state index in [2.05, 4.69) is 15.0 Å². The molecule has 3 N–H and O–H groups in total. The van der Waals surface area contributed by atoms with Crippen LogP contribution < -0.4 is 20.2 Å². The molecule has 1 amide bonds. The van der Waals surface area contributed by atoms with E-state index in [1.807, 2.05) is 49.8 Å². The van der Waals surface area contributed by atoms with Gasteiger partial charge in [0.25, 0.3) is 0 Å². The lowest BCUT2D eigenvalue weighted by Crippen LogP contribution is -2.45. The number of para-hydroxylation sites is 1. The number of fused-ring (bicyclic) bond motifs is 2. The standard InChI is InChI=1S/C22H27N7O/c1-22(2)13-28(14-8-4-5-9-14)19-17(27(3)20(22)30)12-24-21(25-19)29-16-11-7-6-10-15(16)18(23)26-29/h6-7,10-12,14H,4-5,8-9,13H2,1-3H3,(H2,23,26)/p+1. The number of anilines is 3. The second kappa shape index (κ2) is 6.68. The summed E-state index contributed by atoms with van der Waals surface area (Å²) < 4.78 is 1.82. The van der Waals surface area contributed by atoms with Gasteiger partial charge in [-0.3, -0.25) is 4.79 Å². The van der Waals surface area contributed by atoms with Gasteiger partial charge < -0.3 is 15.5 Å². The summed E-state index contributed by atoms with van der Waals surface area (Å²) in [5.41, 5.74) is 7.35. The molecule has 156 valence electrons. The molecular weight excluding hydrogens is 378 g/mol. The van der Waals surface area contributed by atoms with Crippen LogP contribution in [-0.2, 0) is 4.79 Å². The molecule has 0 saturated heterocycles. The van der Waals surface area contributed by atoms with Gasteiger partial charge in [-0.2, -0.15) is 0 Å². The average Bonchev–Trinajstić information content (AvgIpc) is 3.38. The number of aromatic nitrogens is 4. The van der Waals surface area contributed by atoms with Gasteiger partial charge in [-0.15, -0.1) is 4.68 Å². The highest BCUT2D eigenvalue weighted by Crippen LogP contribution is 2.39. The van der Waals surface area contributed by atoms with E-state index < -0.39 is 5.41 Å². The number of aromatic amines is 1. The molecule has 1 fully saturated rings. The van der Waals surface area contributed by atoms with Crippen molar-refractivity contribution in [1.82, 2.24) is 15.1 Å². The lowest BCUT2D eigenvalue weighted by atomic mass is 9.91. The molecular formula is C22H28N7O+. The molecule has 8 nitrogen and oxygen atoms in total. The van der Waals surface area contributed by atoms with Crippen molar-refractivity contribution in [2.45, 2.75) is 45.6 Å². The summed E-state index contributed by atoms with van der Waals surface area (Å²) in [5, 5.41) is 4.11.